The normalized spacial score (nSPS) is 13.9. The van der Waals surface area contributed by atoms with Gasteiger partial charge in [-0.2, -0.15) is 8.42 Å². The summed E-state index contributed by atoms with van der Waals surface area (Å²) in [4.78, 5) is 0. The van der Waals surface area contributed by atoms with E-state index in [1.54, 1.807) is 6.92 Å². The van der Waals surface area contributed by atoms with Gasteiger partial charge in [-0.3, -0.25) is 4.18 Å². The molecule has 18 heavy (non-hydrogen) atoms. The summed E-state index contributed by atoms with van der Waals surface area (Å²) in [6, 6.07) is 8.22. The van der Waals surface area contributed by atoms with E-state index in [-0.39, 0.29) is 6.10 Å². The predicted octanol–water partition coefficient (Wildman–Crippen LogP) is 2.31. The topological polar surface area (TPSA) is 48.3 Å². The van der Waals surface area contributed by atoms with Crippen molar-refractivity contribution in [3.8, 4) is 0 Å². The van der Waals surface area contributed by atoms with Crippen LogP contribution in [0.25, 0.3) is 10.9 Å². The molecule has 0 aliphatic rings. The van der Waals surface area contributed by atoms with Crippen molar-refractivity contribution in [3.63, 3.8) is 0 Å². The Balaban J connectivity index is 2.24. The lowest BCUT2D eigenvalue weighted by molar-refractivity contribution is 0.211. The fraction of sp³-hybridized carbons (Fsp3) is 0.385. The number of benzene rings is 1. The lowest BCUT2D eigenvalue weighted by atomic mass is 10.2. The number of rotatable bonds is 4. The molecular weight excluding hydrogens is 250 g/mol. The SMILES string of the molecule is Cc1ccc2ccn(CC(C)OS(C)(=O)=O)c2c1. The Hall–Kier alpha value is -1.33. The smallest absolute Gasteiger partial charge is 0.264 e. The minimum absolute atomic E-state index is 0.379. The summed E-state index contributed by atoms with van der Waals surface area (Å²) >= 11 is 0. The van der Waals surface area contributed by atoms with Gasteiger partial charge in [0.2, 0.25) is 0 Å². The van der Waals surface area contributed by atoms with Crippen molar-refractivity contribution < 1.29 is 12.6 Å². The van der Waals surface area contributed by atoms with Gasteiger partial charge < -0.3 is 4.57 Å². The number of fused-ring (bicyclic) bond motifs is 1. The molecule has 5 heteroatoms. The van der Waals surface area contributed by atoms with Crippen LogP contribution in [0.5, 0.6) is 0 Å². The highest BCUT2D eigenvalue weighted by Crippen LogP contribution is 2.18. The summed E-state index contributed by atoms with van der Waals surface area (Å²) < 4.78 is 29.1. The fourth-order valence-electron chi connectivity index (χ4n) is 2.06. The second-order valence-electron chi connectivity index (χ2n) is 4.64. The van der Waals surface area contributed by atoms with Crippen molar-refractivity contribution in [2.45, 2.75) is 26.5 Å². The Morgan fingerprint density at radius 2 is 2.06 bits per heavy atom. The van der Waals surface area contributed by atoms with E-state index in [1.807, 2.05) is 23.8 Å². The van der Waals surface area contributed by atoms with Crippen molar-refractivity contribution in [3.05, 3.63) is 36.0 Å². The molecule has 0 aliphatic carbocycles. The molecule has 0 N–H and O–H groups in total. The standard InChI is InChI=1S/C13H17NO3S/c1-10-4-5-12-6-7-14(13(12)8-10)9-11(2)17-18(3,15)16/h4-8,11H,9H2,1-3H3. The summed E-state index contributed by atoms with van der Waals surface area (Å²) in [5.74, 6) is 0. The number of hydrogen-bond acceptors (Lipinski definition) is 3. The van der Waals surface area contributed by atoms with Gasteiger partial charge in [-0.1, -0.05) is 12.1 Å². The van der Waals surface area contributed by atoms with Gasteiger partial charge in [-0.25, -0.2) is 0 Å². The maximum absolute atomic E-state index is 11.1. The summed E-state index contributed by atoms with van der Waals surface area (Å²) in [6.45, 7) is 4.30. The number of nitrogens with zero attached hydrogens (tertiary/aromatic N) is 1. The van der Waals surface area contributed by atoms with E-state index in [0.717, 1.165) is 17.2 Å². The number of aryl methyl sites for hydroxylation is 1. The van der Waals surface area contributed by atoms with Crippen LogP contribution in [-0.4, -0.2) is 25.3 Å². The van der Waals surface area contributed by atoms with Gasteiger partial charge in [0.15, 0.2) is 0 Å². The molecule has 0 fully saturated rings. The van der Waals surface area contributed by atoms with Gasteiger partial charge in [0.25, 0.3) is 10.1 Å². The van der Waals surface area contributed by atoms with Gasteiger partial charge in [-0.05, 0) is 36.9 Å². The Morgan fingerprint density at radius 1 is 1.33 bits per heavy atom. The molecule has 0 radical (unpaired) electrons. The van der Waals surface area contributed by atoms with Crippen LogP contribution in [0.1, 0.15) is 12.5 Å². The van der Waals surface area contributed by atoms with E-state index >= 15 is 0 Å². The van der Waals surface area contributed by atoms with Crippen molar-refractivity contribution in [2.75, 3.05) is 6.26 Å². The van der Waals surface area contributed by atoms with E-state index in [0.29, 0.717) is 6.54 Å². The molecule has 0 saturated heterocycles. The molecule has 1 aromatic carbocycles. The summed E-state index contributed by atoms with van der Waals surface area (Å²) in [6.07, 6.45) is 2.64. The second-order valence-corrected chi connectivity index (χ2v) is 6.24. The van der Waals surface area contributed by atoms with Gasteiger partial charge in [-0.15, -0.1) is 0 Å². The molecule has 1 atom stereocenters. The molecule has 1 aromatic heterocycles. The lowest BCUT2D eigenvalue weighted by Gasteiger charge is -2.13. The van der Waals surface area contributed by atoms with Crippen LogP contribution in [-0.2, 0) is 20.8 Å². The molecule has 1 unspecified atom stereocenters. The highest BCUT2D eigenvalue weighted by molar-refractivity contribution is 7.86. The molecule has 2 aromatic rings. The molecule has 98 valence electrons. The first kappa shape index (κ1) is 13.1. The van der Waals surface area contributed by atoms with E-state index < -0.39 is 10.1 Å². The Labute approximate surface area is 107 Å². The third-order valence-corrected chi connectivity index (χ3v) is 3.40. The van der Waals surface area contributed by atoms with Crippen LogP contribution in [0.2, 0.25) is 0 Å². The Morgan fingerprint density at radius 3 is 2.72 bits per heavy atom. The third kappa shape index (κ3) is 3.11. The van der Waals surface area contributed by atoms with Crippen molar-refractivity contribution >= 4 is 21.0 Å². The number of aromatic nitrogens is 1. The lowest BCUT2D eigenvalue weighted by Crippen LogP contribution is -2.19. The average Bonchev–Trinajstić information content (AvgIpc) is 2.58. The van der Waals surface area contributed by atoms with Gasteiger partial charge in [0.05, 0.1) is 18.9 Å². The monoisotopic (exact) mass is 267 g/mol. The summed E-state index contributed by atoms with van der Waals surface area (Å²) in [5.41, 5.74) is 2.28. The van der Waals surface area contributed by atoms with Crippen LogP contribution >= 0.6 is 0 Å². The van der Waals surface area contributed by atoms with Crippen LogP contribution in [0.3, 0.4) is 0 Å². The maximum atomic E-state index is 11.1. The van der Waals surface area contributed by atoms with Crippen molar-refractivity contribution in [1.29, 1.82) is 0 Å². The highest BCUT2D eigenvalue weighted by Gasteiger charge is 2.12. The maximum Gasteiger partial charge on any atom is 0.264 e. The first-order valence-electron chi connectivity index (χ1n) is 5.79. The molecule has 1 heterocycles. The van der Waals surface area contributed by atoms with Crippen LogP contribution in [0.4, 0.5) is 0 Å². The summed E-state index contributed by atoms with van der Waals surface area (Å²) in [5, 5.41) is 1.15. The molecule has 0 spiro atoms. The van der Waals surface area contributed by atoms with Crippen LogP contribution < -0.4 is 0 Å². The Bertz CT molecular complexity index is 658. The van der Waals surface area contributed by atoms with Crippen molar-refractivity contribution in [2.24, 2.45) is 0 Å². The van der Waals surface area contributed by atoms with Crippen LogP contribution in [0, 0.1) is 6.92 Å². The zero-order chi connectivity index (χ0) is 13.3. The van der Waals surface area contributed by atoms with Crippen molar-refractivity contribution in [1.82, 2.24) is 4.57 Å². The van der Waals surface area contributed by atoms with E-state index in [4.69, 9.17) is 4.18 Å². The predicted molar refractivity (Wildman–Crippen MR) is 72.1 cm³/mol. The molecular formula is C13H17NO3S. The molecule has 2 rings (SSSR count). The van der Waals surface area contributed by atoms with Gasteiger partial charge in [0, 0.05) is 11.7 Å². The molecule has 0 aliphatic heterocycles. The molecule has 0 saturated carbocycles. The molecule has 0 amide bonds. The van der Waals surface area contributed by atoms with Crippen LogP contribution in [0.15, 0.2) is 30.5 Å². The third-order valence-electron chi connectivity index (χ3n) is 2.72. The summed E-state index contributed by atoms with van der Waals surface area (Å²) in [7, 11) is -3.40. The first-order valence-corrected chi connectivity index (χ1v) is 7.60. The highest BCUT2D eigenvalue weighted by atomic mass is 32.2. The zero-order valence-electron chi connectivity index (χ0n) is 10.8. The Kier molecular flexibility index (Phi) is 3.45. The average molecular weight is 267 g/mol. The fourth-order valence-corrected chi connectivity index (χ4v) is 2.72. The molecule has 4 nitrogen and oxygen atoms in total. The molecule has 0 bridgehead atoms. The second kappa shape index (κ2) is 4.74. The first-order chi connectivity index (χ1) is 8.35. The quantitative estimate of drug-likeness (QED) is 0.799. The van der Waals surface area contributed by atoms with E-state index in [9.17, 15) is 8.42 Å². The number of hydrogen-bond donors (Lipinski definition) is 0. The van der Waals surface area contributed by atoms with Gasteiger partial charge >= 0.3 is 0 Å². The van der Waals surface area contributed by atoms with E-state index in [1.165, 1.54) is 5.56 Å². The minimum atomic E-state index is -3.40. The minimum Gasteiger partial charge on any atom is -0.345 e. The van der Waals surface area contributed by atoms with Gasteiger partial charge in [0.1, 0.15) is 0 Å². The largest absolute Gasteiger partial charge is 0.345 e. The van der Waals surface area contributed by atoms with E-state index in [2.05, 4.69) is 18.2 Å². The zero-order valence-corrected chi connectivity index (χ0v) is 11.6.